The zero-order chi connectivity index (χ0) is 24.4. The molecule has 1 aliphatic carbocycles. The highest BCUT2D eigenvalue weighted by Crippen LogP contribution is 2.45. The number of halogens is 3. The van der Waals surface area contributed by atoms with Gasteiger partial charge >= 0.3 is 15.5 Å². The lowest BCUT2D eigenvalue weighted by Gasteiger charge is -2.40. The number of piperidine rings is 1. The lowest BCUT2D eigenvalue weighted by atomic mass is 9.75. The van der Waals surface area contributed by atoms with E-state index in [0.717, 1.165) is 31.4 Å². The van der Waals surface area contributed by atoms with Crippen molar-refractivity contribution in [3.8, 4) is 0 Å². The molecule has 4 rings (SSSR count). The third kappa shape index (κ3) is 4.89. The number of anilines is 2. The largest absolute Gasteiger partial charge is 0.516 e. The number of nitrogens with one attached hydrogen (secondary N) is 2. The molecule has 0 unspecified atom stereocenters. The van der Waals surface area contributed by atoms with Gasteiger partial charge in [-0.15, -0.1) is 0 Å². The average Bonchev–Trinajstić information content (AvgIpc) is 3.26. The van der Waals surface area contributed by atoms with Gasteiger partial charge in [0.2, 0.25) is 0 Å². The summed E-state index contributed by atoms with van der Waals surface area (Å²) in [6, 6.07) is 15.0. The highest BCUT2D eigenvalue weighted by molar-refractivity contribution is 7.93. The first kappa shape index (κ1) is 24.1. The van der Waals surface area contributed by atoms with Gasteiger partial charge < -0.3 is 4.90 Å². The number of alkyl halides is 3. The molecule has 1 saturated carbocycles. The monoisotopic (exact) mass is 494 g/mol. The van der Waals surface area contributed by atoms with Gasteiger partial charge in [-0.2, -0.15) is 26.7 Å². The van der Waals surface area contributed by atoms with Gasteiger partial charge in [-0.05, 0) is 43.0 Å². The van der Waals surface area contributed by atoms with E-state index in [1.807, 2.05) is 30.3 Å². The van der Waals surface area contributed by atoms with Gasteiger partial charge in [0.1, 0.15) is 5.71 Å². The minimum Gasteiger partial charge on any atom is -0.333 e. The molecule has 0 atom stereocenters. The fraction of sp³-hybridized carbons (Fsp3) is 0.391. The van der Waals surface area contributed by atoms with Gasteiger partial charge in [0, 0.05) is 18.5 Å². The Hall–Kier alpha value is -3.08. The van der Waals surface area contributed by atoms with Crippen molar-refractivity contribution in [2.45, 2.75) is 44.2 Å². The van der Waals surface area contributed by atoms with Gasteiger partial charge in [-0.3, -0.25) is 14.9 Å². The maximum Gasteiger partial charge on any atom is 0.516 e. The number of para-hydroxylation sites is 2. The summed E-state index contributed by atoms with van der Waals surface area (Å²) in [5, 5.41) is 4.49. The SMILES string of the molecule is O=C1/C(=N\Nc2ccccc2)C2(CCCC2)CCN1Cc1ccccc1NS(=O)(=O)C(F)(F)F. The number of hydrogen-bond acceptors (Lipinski definition) is 5. The summed E-state index contributed by atoms with van der Waals surface area (Å²) in [5.41, 5.74) is -1.61. The average molecular weight is 495 g/mol. The van der Waals surface area contributed by atoms with Crippen molar-refractivity contribution in [3.63, 3.8) is 0 Å². The lowest BCUT2D eigenvalue weighted by molar-refractivity contribution is -0.127. The minimum atomic E-state index is -5.58. The predicted molar refractivity (Wildman–Crippen MR) is 123 cm³/mol. The smallest absolute Gasteiger partial charge is 0.333 e. The molecule has 0 bridgehead atoms. The van der Waals surface area contributed by atoms with Crippen molar-refractivity contribution >= 4 is 33.0 Å². The summed E-state index contributed by atoms with van der Waals surface area (Å²) in [7, 11) is -5.58. The second-order valence-corrected chi connectivity index (χ2v) is 10.3. The molecule has 0 aromatic heterocycles. The van der Waals surface area contributed by atoms with Gasteiger partial charge in [0.25, 0.3) is 5.91 Å². The first-order valence-electron chi connectivity index (χ1n) is 11.0. The molecule has 1 spiro atoms. The summed E-state index contributed by atoms with van der Waals surface area (Å²) >= 11 is 0. The number of benzene rings is 2. The van der Waals surface area contributed by atoms with Crippen molar-refractivity contribution in [2.75, 3.05) is 16.7 Å². The lowest BCUT2D eigenvalue weighted by Crippen LogP contribution is -2.51. The molecule has 1 heterocycles. The quantitative estimate of drug-likeness (QED) is 0.569. The van der Waals surface area contributed by atoms with E-state index < -0.39 is 15.5 Å². The number of hydrogen-bond donors (Lipinski definition) is 2. The number of nitrogens with zero attached hydrogens (tertiary/aromatic N) is 2. The molecule has 7 nitrogen and oxygen atoms in total. The van der Waals surface area contributed by atoms with Crippen LogP contribution in [0.3, 0.4) is 0 Å². The summed E-state index contributed by atoms with van der Waals surface area (Å²) < 4.78 is 63.5. The normalized spacial score (nSPS) is 19.6. The molecular formula is C23H25F3N4O3S. The van der Waals surface area contributed by atoms with Crippen molar-refractivity contribution in [1.82, 2.24) is 4.90 Å². The Balaban J connectivity index is 1.59. The van der Waals surface area contributed by atoms with Gasteiger partial charge in [0.15, 0.2) is 0 Å². The van der Waals surface area contributed by atoms with E-state index in [1.54, 1.807) is 10.8 Å². The second kappa shape index (κ2) is 9.28. The number of sulfonamides is 1. The van der Waals surface area contributed by atoms with Crippen LogP contribution in [0, 0.1) is 5.41 Å². The van der Waals surface area contributed by atoms with Crippen LogP contribution >= 0.6 is 0 Å². The second-order valence-electron chi connectivity index (χ2n) is 8.61. The molecule has 2 aliphatic rings. The highest BCUT2D eigenvalue weighted by Gasteiger charge is 2.48. The number of rotatable bonds is 6. The number of carbonyl (C=O) groups excluding carboxylic acids is 1. The molecule has 11 heteroatoms. The molecule has 0 radical (unpaired) electrons. The van der Waals surface area contributed by atoms with E-state index in [1.165, 1.54) is 23.1 Å². The Kier molecular flexibility index (Phi) is 6.57. The zero-order valence-electron chi connectivity index (χ0n) is 18.3. The molecular weight excluding hydrogens is 469 g/mol. The maximum atomic E-state index is 13.5. The summed E-state index contributed by atoms with van der Waals surface area (Å²) in [6.07, 6.45) is 4.39. The molecule has 34 heavy (non-hydrogen) atoms. The Morgan fingerprint density at radius 3 is 2.29 bits per heavy atom. The van der Waals surface area contributed by atoms with Crippen molar-refractivity contribution in [3.05, 3.63) is 60.2 Å². The molecule has 2 aromatic carbocycles. The van der Waals surface area contributed by atoms with E-state index in [0.29, 0.717) is 18.7 Å². The molecule has 2 aromatic rings. The van der Waals surface area contributed by atoms with Crippen LogP contribution in [-0.2, 0) is 21.4 Å². The number of carbonyl (C=O) groups is 1. The summed E-state index contributed by atoms with van der Waals surface area (Å²) in [5.74, 6) is -0.301. The van der Waals surface area contributed by atoms with Crippen LogP contribution in [0.15, 0.2) is 59.7 Å². The summed E-state index contributed by atoms with van der Waals surface area (Å²) in [6.45, 7) is 0.360. The van der Waals surface area contributed by atoms with E-state index >= 15 is 0 Å². The van der Waals surface area contributed by atoms with Crippen LogP contribution in [0.4, 0.5) is 24.5 Å². The predicted octanol–water partition coefficient (Wildman–Crippen LogP) is 4.71. The van der Waals surface area contributed by atoms with Crippen LogP contribution in [-0.4, -0.2) is 37.0 Å². The van der Waals surface area contributed by atoms with Crippen molar-refractivity contribution in [2.24, 2.45) is 10.5 Å². The molecule has 1 amide bonds. The van der Waals surface area contributed by atoms with E-state index in [2.05, 4.69) is 10.5 Å². The van der Waals surface area contributed by atoms with Crippen LogP contribution in [0.25, 0.3) is 0 Å². The Morgan fingerprint density at radius 1 is 0.971 bits per heavy atom. The van der Waals surface area contributed by atoms with Crippen molar-refractivity contribution in [1.29, 1.82) is 0 Å². The summed E-state index contributed by atoms with van der Waals surface area (Å²) in [4.78, 5) is 15.0. The molecule has 2 fully saturated rings. The fourth-order valence-electron chi connectivity index (χ4n) is 4.60. The molecule has 1 saturated heterocycles. The topological polar surface area (TPSA) is 90.9 Å². The van der Waals surface area contributed by atoms with Gasteiger partial charge in [0.05, 0.1) is 11.4 Å². The van der Waals surface area contributed by atoms with E-state index in [9.17, 15) is 26.4 Å². The minimum absolute atomic E-state index is 0.0458. The van der Waals surface area contributed by atoms with Gasteiger partial charge in [-0.1, -0.05) is 49.2 Å². The van der Waals surface area contributed by atoms with Gasteiger partial charge in [-0.25, -0.2) is 0 Å². The molecule has 1 aliphatic heterocycles. The number of likely N-dealkylation sites (tertiary alicyclic amines) is 1. The Bertz CT molecular complexity index is 1180. The number of hydrazone groups is 1. The first-order valence-corrected chi connectivity index (χ1v) is 12.5. The maximum absolute atomic E-state index is 13.5. The standard InChI is InChI=1S/C23H25F3N4O3S/c24-23(25,26)34(32,33)29-19-11-5-4-8-17(19)16-30-15-14-22(12-6-7-13-22)20(21(30)31)28-27-18-9-2-1-3-10-18/h1-5,8-11,27,29H,6-7,12-16H2/b28-20+. The Morgan fingerprint density at radius 2 is 1.62 bits per heavy atom. The van der Waals surface area contributed by atoms with Crippen LogP contribution in [0.1, 0.15) is 37.7 Å². The zero-order valence-corrected chi connectivity index (χ0v) is 19.1. The van der Waals surface area contributed by atoms with Crippen LogP contribution in [0.2, 0.25) is 0 Å². The first-order chi connectivity index (χ1) is 16.1. The van der Waals surface area contributed by atoms with Crippen LogP contribution in [0.5, 0.6) is 0 Å². The third-order valence-electron chi connectivity index (χ3n) is 6.41. The number of amides is 1. The third-order valence-corrected chi connectivity index (χ3v) is 7.51. The van der Waals surface area contributed by atoms with Crippen molar-refractivity contribution < 1.29 is 26.4 Å². The van der Waals surface area contributed by atoms with E-state index in [-0.39, 0.29) is 29.1 Å². The molecule has 182 valence electrons. The van der Waals surface area contributed by atoms with Crippen LogP contribution < -0.4 is 10.1 Å². The fourth-order valence-corrected chi connectivity index (χ4v) is 5.20. The highest BCUT2D eigenvalue weighted by atomic mass is 32.2. The molecule has 2 N–H and O–H groups in total. The Labute approximate surface area is 196 Å². The van der Waals surface area contributed by atoms with E-state index in [4.69, 9.17) is 0 Å².